The molecule has 0 saturated heterocycles. The van der Waals surface area contributed by atoms with Gasteiger partial charge in [0.25, 0.3) is 5.91 Å². The Balaban J connectivity index is 2.53. The van der Waals surface area contributed by atoms with Gasteiger partial charge in [0.05, 0.1) is 6.54 Å². The molecule has 0 aliphatic carbocycles. The zero-order valence-electron chi connectivity index (χ0n) is 11.7. The van der Waals surface area contributed by atoms with E-state index in [0.29, 0.717) is 5.56 Å². The maximum atomic E-state index is 11.8. The van der Waals surface area contributed by atoms with E-state index in [1.165, 1.54) is 0 Å². The van der Waals surface area contributed by atoms with Crippen molar-refractivity contribution in [3.63, 3.8) is 0 Å². The third-order valence-corrected chi connectivity index (χ3v) is 3.24. The second-order valence-electron chi connectivity index (χ2n) is 4.82. The molecule has 0 fully saturated rings. The predicted octanol–water partition coefficient (Wildman–Crippen LogP) is 1.40. The lowest BCUT2D eigenvalue weighted by Gasteiger charge is -2.18. The van der Waals surface area contributed by atoms with Crippen molar-refractivity contribution in [1.29, 1.82) is 0 Å². The Bertz CT molecular complexity index is 546. The maximum Gasteiger partial charge on any atom is 0.326 e. The lowest BCUT2D eigenvalue weighted by molar-refractivity contribution is -0.142. The molecule has 0 aromatic heterocycles. The molecule has 2 amide bonds. The van der Waals surface area contributed by atoms with Crippen LogP contribution in [-0.2, 0) is 9.59 Å². The molecule has 0 heterocycles. The van der Waals surface area contributed by atoms with E-state index in [1.807, 2.05) is 0 Å². The molecule has 1 aromatic carbocycles. The second-order valence-corrected chi connectivity index (χ2v) is 5.74. The Hall–Kier alpha value is -1.89. The van der Waals surface area contributed by atoms with Gasteiger partial charge in [0.2, 0.25) is 5.91 Å². The van der Waals surface area contributed by atoms with Crippen LogP contribution in [0.1, 0.15) is 24.2 Å². The molecule has 0 radical (unpaired) electrons. The Morgan fingerprint density at radius 1 is 1.29 bits per heavy atom. The number of carbonyl (C=O) groups excluding carboxylic acids is 2. The van der Waals surface area contributed by atoms with Crippen LogP contribution in [0.2, 0.25) is 0 Å². The lowest BCUT2D eigenvalue weighted by atomic mass is 10.1. The minimum atomic E-state index is -1.10. The predicted molar refractivity (Wildman–Crippen MR) is 80.9 cm³/mol. The van der Waals surface area contributed by atoms with Gasteiger partial charge >= 0.3 is 5.97 Å². The number of benzene rings is 1. The molecule has 6 nitrogen and oxygen atoms in total. The Morgan fingerprint density at radius 3 is 2.48 bits per heavy atom. The minimum Gasteiger partial charge on any atom is -0.480 e. The number of nitrogens with one attached hydrogen (secondary N) is 2. The molecule has 1 atom stereocenters. The van der Waals surface area contributed by atoms with Crippen LogP contribution in [0.4, 0.5) is 0 Å². The molecule has 114 valence electrons. The zero-order chi connectivity index (χ0) is 16.0. The quantitative estimate of drug-likeness (QED) is 0.717. The van der Waals surface area contributed by atoms with E-state index >= 15 is 0 Å². The van der Waals surface area contributed by atoms with Crippen molar-refractivity contribution < 1.29 is 19.5 Å². The summed E-state index contributed by atoms with van der Waals surface area (Å²) >= 11 is 3.25. The van der Waals surface area contributed by atoms with Crippen molar-refractivity contribution in [3.8, 4) is 0 Å². The normalized spacial score (nSPS) is 11.8. The number of hydrogen-bond acceptors (Lipinski definition) is 3. The molecule has 0 aliphatic rings. The Labute approximate surface area is 131 Å². The van der Waals surface area contributed by atoms with Gasteiger partial charge in [-0.1, -0.05) is 35.8 Å². The Morgan fingerprint density at radius 2 is 1.95 bits per heavy atom. The van der Waals surface area contributed by atoms with Crippen molar-refractivity contribution in [2.75, 3.05) is 6.54 Å². The molecule has 0 bridgehead atoms. The smallest absolute Gasteiger partial charge is 0.326 e. The summed E-state index contributed by atoms with van der Waals surface area (Å²) in [5, 5.41) is 13.8. The molecule has 21 heavy (non-hydrogen) atoms. The van der Waals surface area contributed by atoms with Crippen molar-refractivity contribution in [2.45, 2.75) is 19.9 Å². The fraction of sp³-hybridized carbons (Fsp3) is 0.357. The summed E-state index contributed by atoms with van der Waals surface area (Å²) in [5.74, 6) is -2.29. The molecule has 0 aliphatic heterocycles. The van der Waals surface area contributed by atoms with Crippen molar-refractivity contribution >= 4 is 33.7 Å². The molecule has 1 rings (SSSR count). The highest BCUT2D eigenvalue weighted by Crippen LogP contribution is 2.11. The van der Waals surface area contributed by atoms with Gasteiger partial charge in [-0.05, 0) is 24.1 Å². The molecule has 0 spiro atoms. The average molecular weight is 357 g/mol. The van der Waals surface area contributed by atoms with E-state index in [0.717, 1.165) is 4.47 Å². The monoisotopic (exact) mass is 356 g/mol. The number of carboxylic acids is 1. The van der Waals surface area contributed by atoms with Crippen LogP contribution in [0.25, 0.3) is 0 Å². The largest absolute Gasteiger partial charge is 0.480 e. The number of rotatable bonds is 6. The molecular formula is C14H17BrN2O4. The van der Waals surface area contributed by atoms with Crippen LogP contribution in [-0.4, -0.2) is 35.5 Å². The van der Waals surface area contributed by atoms with E-state index in [4.69, 9.17) is 5.11 Å². The van der Waals surface area contributed by atoms with Gasteiger partial charge < -0.3 is 15.7 Å². The lowest BCUT2D eigenvalue weighted by Crippen LogP contribution is -2.48. The number of amides is 2. The SMILES string of the molecule is CC(C)[C@@H](NC(=O)CNC(=O)c1cccc(Br)c1)C(=O)O. The highest BCUT2D eigenvalue weighted by molar-refractivity contribution is 9.10. The summed E-state index contributed by atoms with van der Waals surface area (Å²) in [6.07, 6.45) is 0. The number of halogens is 1. The summed E-state index contributed by atoms with van der Waals surface area (Å²) in [6.45, 7) is 3.11. The average Bonchev–Trinajstić information content (AvgIpc) is 2.41. The van der Waals surface area contributed by atoms with E-state index in [-0.39, 0.29) is 12.5 Å². The first kappa shape index (κ1) is 17.2. The van der Waals surface area contributed by atoms with Gasteiger partial charge in [0.15, 0.2) is 0 Å². The first-order chi connectivity index (χ1) is 9.81. The van der Waals surface area contributed by atoms with Crippen LogP contribution in [0.3, 0.4) is 0 Å². The highest BCUT2D eigenvalue weighted by atomic mass is 79.9. The Kier molecular flexibility index (Phi) is 6.36. The number of carboxylic acid groups (broad SMARTS) is 1. The number of carbonyl (C=O) groups is 3. The number of hydrogen-bond donors (Lipinski definition) is 3. The molecular weight excluding hydrogens is 340 g/mol. The summed E-state index contributed by atoms with van der Waals surface area (Å²) < 4.78 is 0.755. The van der Waals surface area contributed by atoms with Crippen LogP contribution < -0.4 is 10.6 Å². The standard InChI is InChI=1S/C14H17BrN2O4/c1-8(2)12(14(20)21)17-11(18)7-16-13(19)9-4-3-5-10(15)6-9/h3-6,8,12H,7H2,1-2H3,(H,16,19)(H,17,18)(H,20,21)/t12-/m1/s1. The minimum absolute atomic E-state index is 0.243. The van der Waals surface area contributed by atoms with Gasteiger partial charge in [0.1, 0.15) is 6.04 Å². The highest BCUT2D eigenvalue weighted by Gasteiger charge is 2.23. The van der Waals surface area contributed by atoms with E-state index in [1.54, 1.807) is 38.1 Å². The van der Waals surface area contributed by atoms with Crippen molar-refractivity contribution in [1.82, 2.24) is 10.6 Å². The van der Waals surface area contributed by atoms with Crippen molar-refractivity contribution in [3.05, 3.63) is 34.3 Å². The third-order valence-electron chi connectivity index (χ3n) is 2.75. The second kappa shape index (κ2) is 7.78. The van der Waals surface area contributed by atoms with Gasteiger partial charge in [-0.3, -0.25) is 9.59 Å². The molecule has 3 N–H and O–H groups in total. The van der Waals surface area contributed by atoms with Gasteiger partial charge in [-0.2, -0.15) is 0 Å². The first-order valence-electron chi connectivity index (χ1n) is 6.37. The summed E-state index contributed by atoms with van der Waals surface area (Å²) in [6, 6.07) is 5.76. The summed E-state index contributed by atoms with van der Waals surface area (Å²) in [7, 11) is 0. The molecule has 1 aromatic rings. The number of aliphatic carboxylic acids is 1. The first-order valence-corrected chi connectivity index (χ1v) is 7.16. The van der Waals surface area contributed by atoms with E-state index in [2.05, 4.69) is 26.6 Å². The van der Waals surface area contributed by atoms with Crippen LogP contribution in [0.15, 0.2) is 28.7 Å². The third kappa shape index (κ3) is 5.55. The van der Waals surface area contributed by atoms with E-state index < -0.39 is 23.8 Å². The maximum absolute atomic E-state index is 11.8. The van der Waals surface area contributed by atoms with Crippen LogP contribution >= 0.6 is 15.9 Å². The van der Waals surface area contributed by atoms with Crippen LogP contribution in [0.5, 0.6) is 0 Å². The van der Waals surface area contributed by atoms with Gasteiger partial charge in [0, 0.05) is 10.0 Å². The fourth-order valence-electron chi connectivity index (χ4n) is 1.63. The van der Waals surface area contributed by atoms with Gasteiger partial charge in [-0.25, -0.2) is 4.79 Å². The summed E-state index contributed by atoms with van der Waals surface area (Å²) in [5.41, 5.74) is 0.413. The zero-order valence-corrected chi connectivity index (χ0v) is 13.3. The van der Waals surface area contributed by atoms with Crippen LogP contribution in [0, 0.1) is 5.92 Å². The topological polar surface area (TPSA) is 95.5 Å². The van der Waals surface area contributed by atoms with Crippen molar-refractivity contribution in [2.24, 2.45) is 5.92 Å². The van der Waals surface area contributed by atoms with Gasteiger partial charge in [-0.15, -0.1) is 0 Å². The molecule has 7 heteroatoms. The van der Waals surface area contributed by atoms with E-state index in [9.17, 15) is 14.4 Å². The summed E-state index contributed by atoms with van der Waals surface area (Å²) in [4.78, 5) is 34.5. The molecule has 0 unspecified atom stereocenters. The molecule has 0 saturated carbocycles. The fourth-order valence-corrected chi connectivity index (χ4v) is 2.03.